The molecule has 0 spiro atoms. The van der Waals surface area contributed by atoms with Crippen LogP contribution in [0.2, 0.25) is 0 Å². The molecule has 2 N–H and O–H groups in total. The maximum absolute atomic E-state index is 12.7. The van der Waals surface area contributed by atoms with Gasteiger partial charge in [0.05, 0.1) is 17.2 Å². The first-order chi connectivity index (χ1) is 13.4. The Hall–Kier alpha value is -3.01. The lowest BCUT2D eigenvalue weighted by Gasteiger charge is -2.21. The van der Waals surface area contributed by atoms with E-state index in [0.29, 0.717) is 23.8 Å². The molecule has 0 bridgehead atoms. The molecule has 1 unspecified atom stereocenters. The molecule has 1 aliphatic heterocycles. The monoisotopic (exact) mass is 390 g/mol. The number of rotatable bonds is 4. The molecule has 4 rings (SSSR count). The highest BCUT2D eigenvalue weighted by atomic mass is 19.4. The van der Waals surface area contributed by atoms with Gasteiger partial charge in [-0.15, -0.1) is 0 Å². The topological polar surface area (TPSA) is 94.0 Å². The minimum atomic E-state index is -4.34. The van der Waals surface area contributed by atoms with Crippen molar-refractivity contribution in [2.75, 3.05) is 12.3 Å². The van der Waals surface area contributed by atoms with Gasteiger partial charge in [-0.2, -0.15) is 18.2 Å². The number of halogens is 3. The summed E-state index contributed by atoms with van der Waals surface area (Å²) >= 11 is 0. The van der Waals surface area contributed by atoms with Gasteiger partial charge in [0.15, 0.2) is 0 Å². The third-order valence-electron chi connectivity index (χ3n) is 4.74. The van der Waals surface area contributed by atoms with Gasteiger partial charge in [0.2, 0.25) is 11.7 Å². The molecule has 1 atom stereocenters. The molecule has 3 heterocycles. The normalized spacial score (nSPS) is 17.9. The second kappa shape index (κ2) is 7.19. The lowest BCUT2D eigenvalue weighted by atomic mass is 10.1. The van der Waals surface area contributed by atoms with Crippen molar-refractivity contribution in [3.8, 4) is 11.4 Å². The van der Waals surface area contributed by atoms with Gasteiger partial charge in [0.1, 0.15) is 12.1 Å². The van der Waals surface area contributed by atoms with E-state index < -0.39 is 11.7 Å². The van der Waals surface area contributed by atoms with Crippen LogP contribution in [0.25, 0.3) is 11.4 Å². The maximum Gasteiger partial charge on any atom is 0.416 e. The number of hydrogen-bond acceptors (Lipinski definition) is 7. The molecule has 0 saturated carbocycles. The van der Waals surface area contributed by atoms with Crippen LogP contribution in [0.3, 0.4) is 0 Å². The van der Waals surface area contributed by atoms with E-state index in [2.05, 4.69) is 25.0 Å². The summed E-state index contributed by atoms with van der Waals surface area (Å²) in [5, 5.41) is 3.97. The van der Waals surface area contributed by atoms with Crippen LogP contribution in [-0.2, 0) is 12.7 Å². The minimum Gasteiger partial charge on any atom is -0.383 e. The van der Waals surface area contributed by atoms with Crippen LogP contribution in [0.15, 0.2) is 41.3 Å². The van der Waals surface area contributed by atoms with E-state index in [9.17, 15) is 13.2 Å². The van der Waals surface area contributed by atoms with Gasteiger partial charge in [-0.1, -0.05) is 17.3 Å². The van der Waals surface area contributed by atoms with Crippen LogP contribution in [-0.4, -0.2) is 31.6 Å². The van der Waals surface area contributed by atoms with Crippen LogP contribution in [0.1, 0.15) is 35.9 Å². The number of aromatic nitrogens is 4. The van der Waals surface area contributed by atoms with Crippen LogP contribution in [0.4, 0.5) is 19.0 Å². The van der Waals surface area contributed by atoms with Crippen molar-refractivity contribution in [1.82, 2.24) is 25.0 Å². The summed E-state index contributed by atoms with van der Waals surface area (Å²) in [6.07, 6.45) is 0.273. The Labute approximate surface area is 158 Å². The molecule has 7 nitrogen and oxygen atoms in total. The van der Waals surface area contributed by atoms with E-state index in [4.69, 9.17) is 10.3 Å². The highest BCUT2D eigenvalue weighted by Crippen LogP contribution is 2.34. The molecule has 0 amide bonds. The van der Waals surface area contributed by atoms with Gasteiger partial charge in [-0.25, -0.2) is 9.97 Å². The van der Waals surface area contributed by atoms with E-state index in [0.717, 1.165) is 37.1 Å². The Balaban J connectivity index is 1.51. The maximum atomic E-state index is 12.7. The molecule has 1 aliphatic rings. The van der Waals surface area contributed by atoms with Crippen molar-refractivity contribution in [2.24, 2.45) is 0 Å². The first-order valence-corrected chi connectivity index (χ1v) is 8.71. The fourth-order valence-corrected chi connectivity index (χ4v) is 3.32. The third kappa shape index (κ3) is 3.68. The highest BCUT2D eigenvalue weighted by molar-refractivity contribution is 5.66. The summed E-state index contributed by atoms with van der Waals surface area (Å²) in [6, 6.07) is 5.10. The zero-order chi connectivity index (χ0) is 19.7. The Morgan fingerprint density at radius 1 is 1.21 bits per heavy atom. The quantitative estimate of drug-likeness (QED) is 0.729. The van der Waals surface area contributed by atoms with Crippen molar-refractivity contribution < 1.29 is 17.7 Å². The summed E-state index contributed by atoms with van der Waals surface area (Å²) in [6.45, 7) is 1.29. The van der Waals surface area contributed by atoms with Crippen molar-refractivity contribution in [2.45, 2.75) is 31.6 Å². The van der Waals surface area contributed by atoms with E-state index in [1.165, 1.54) is 24.7 Å². The van der Waals surface area contributed by atoms with Crippen LogP contribution in [0, 0.1) is 0 Å². The molecule has 0 aliphatic carbocycles. The smallest absolute Gasteiger partial charge is 0.383 e. The van der Waals surface area contributed by atoms with Gasteiger partial charge in [0.25, 0.3) is 0 Å². The Morgan fingerprint density at radius 2 is 2.00 bits per heavy atom. The number of alkyl halides is 3. The van der Waals surface area contributed by atoms with Crippen molar-refractivity contribution in [3.63, 3.8) is 0 Å². The molecule has 28 heavy (non-hydrogen) atoms. The largest absolute Gasteiger partial charge is 0.416 e. The predicted molar refractivity (Wildman–Crippen MR) is 93.6 cm³/mol. The van der Waals surface area contributed by atoms with Crippen molar-refractivity contribution >= 4 is 5.82 Å². The van der Waals surface area contributed by atoms with Gasteiger partial charge >= 0.3 is 6.18 Å². The standard InChI is InChI=1S/C18H17F3N6O/c19-18(20,21)12-5-3-11(4-6-12)9-27-7-1-2-14(27)17-25-16(26-28-17)13-8-23-10-24-15(13)22/h3-6,8,10,14H,1-2,7,9H2,(H2,22,23,24). The number of likely N-dealkylation sites (tertiary alicyclic amines) is 1. The number of nitrogen functional groups attached to an aromatic ring is 1. The van der Waals surface area contributed by atoms with E-state index in [-0.39, 0.29) is 11.9 Å². The highest BCUT2D eigenvalue weighted by Gasteiger charge is 2.32. The SMILES string of the molecule is Nc1ncncc1-c1noc(C2CCCN2Cc2ccc(C(F)(F)F)cc2)n1. The molecule has 146 valence electrons. The number of nitrogens with two attached hydrogens (primary N) is 1. The van der Waals surface area contributed by atoms with E-state index in [1.807, 2.05) is 0 Å². The first-order valence-electron chi connectivity index (χ1n) is 8.71. The molecular formula is C18H17F3N6O. The summed E-state index contributed by atoms with van der Waals surface area (Å²) < 4.78 is 43.6. The van der Waals surface area contributed by atoms with Gasteiger partial charge < -0.3 is 10.3 Å². The number of nitrogens with zero attached hydrogens (tertiary/aromatic N) is 5. The molecule has 3 aromatic rings. The number of hydrogen-bond donors (Lipinski definition) is 1. The van der Waals surface area contributed by atoms with Crippen molar-refractivity contribution in [1.29, 1.82) is 0 Å². The second-order valence-corrected chi connectivity index (χ2v) is 6.60. The lowest BCUT2D eigenvalue weighted by Crippen LogP contribution is -2.23. The average Bonchev–Trinajstić information content (AvgIpc) is 3.31. The fraction of sp³-hybridized carbons (Fsp3) is 0.333. The fourth-order valence-electron chi connectivity index (χ4n) is 3.32. The molecule has 2 aromatic heterocycles. The van der Waals surface area contributed by atoms with E-state index >= 15 is 0 Å². The third-order valence-corrected chi connectivity index (χ3v) is 4.74. The van der Waals surface area contributed by atoms with Gasteiger partial charge in [-0.05, 0) is 37.1 Å². The molecule has 1 fully saturated rings. The summed E-state index contributed by atoms with van der Waals surface area (Å²) in [4.78, 5) is 14.4. The second-order valence-electron chi connectivity index (χ2n) is 6.60. The summed E-state index contributed by atoms with van der Waals surface area (Å²) in [7, 11) is 0. The zero-order valence-electron chi connectivity index (χ0n) is 14.7. The predicted octanol–water partition coefficient (Wildman–Crippen LogP) is 3.46. The molecular weight excluding hydrogens is 373 g/mol. The average molecular weight is 390 g/mol. The van der Waals surface area contributed by atoms with Gasteiger partial charge in [-0.3, -0.25) is 4.90 Å². The molecule has 1 aromatic carbocycles. The Morgan fingerprint density at radius 3 is 2.71 bits per heavy atom. The van der Waals surface area contributed by atoms with Crippen LogP contribution in [0.5, 0.6) is 0 Å². The summed E-state index contributed by atoms with van der Waals surface area (Å²) in [5.41, 5.74) is 6.45. The minimum absolute atomic E-state index is 0.102. The lowest BCUT2D eigenvalue weighted by molar-refractivity contribution is -0.137. The number of benzene rings is 1. The summed E-state index contributed by atoms with van der Waals surface area (Å²) in [5.74, 6) is 1.02. The molecule has 0 radical (unpaired) electrons. The Bertz CT molecular complexity index is 956. The van der Waals surface area contributed by atoms with Gasteiger partial charge in [0, 0.05) is 12.7 Å². The van der Waals surface area contributed by atoms with Crippen molar-refractivity contribution in [3.05, 3.63) is 53.8 Å². The van der Waals surface area contributed by atoms with E-state index in [1.54, 1.807) is 0 Å². The molecule has 1 saturated heterocycles. The Kier molecular flexibility index (Phi) is 4.71. The zero-order valence-corrected chi connectivity index (χ0v) is 14.7. The molecule has 10 heteroatoms. The first kappa shape index (κ1) is 18.4. The number of anilines is 1. The van der Waals surface area contributed by atoms with Crippen LogP contribution < -0.4 is 5.73 Å². The van der Waals surface area contributed by atoms with Crippen LogP contribution >= 0.6 is 0 Å².